The number of amides is 1. The predicted octanol–water partition coefficient (Wildman–Crippen LogP) is 2.32. The number of ether oxygens (including phenoxy) is 1. The highest BCUT2D eigenvalue weighted by Gasteiger charge is 2.33. The minimum atomic E-state index is -4.97. The molecule has 3 heterocycles. The molecule has 0 aliphatic carbocycles. The van der Waals surface area contributed by atoms with Crippen molar-refractivity contribution in [3.8, 4) is 0 Å². The van der Waals surface area contributed by atoms with E-state index in [9.17, 15) is 41.4 Å². The van der Waals surface area contributed by atoms with Gasteiger partial charge in [0.25, 0.3) is 17.9 Å². The van der Waals surface area contributed by atoms with E-state index in [4.69, 9.17) is 0 Å². The van der Waals surface area contributed by atoms with Crippen molar-refractivity contribution < 1.29 is 36.6 Å². The molecule has 14 heteroatoms. The summed E-state index contributed by atoms with van der Waals surface area (Å²) in [5, 5.41) is 9.04. The van der Waals surface area contributed by atoms with Crippen LogP contribution in [0.5, 0.6) is 0 Å². The summed E-state index contributed by atoms with van der Waals surface area (Å²) in [5.74, 6) is -0.790. The molecule has 0 atom stereocenters. The van der Waals surface area contributed by atoms with Crippen LogP contribution in [0.2, 0.25) is 0 Å². The smallest absolute Gasteiger partial charge is 0.393 e. The zero-order valence-corrected chi connectivity index (χ0v) is 17.6. The number of piperidine rings is 1. The number of rotatable bonds is 6. The molecule has 1 saturated heterocycles. The van der Waals surface area contributed by atoms with E-state index in [1.807, 2.05) is 0 Å². The van der Waals surface area contributed by atoms with E-state index in [-0.39, 0.29) is 37.3 Å². The van der Waals surface area contributed by atoms with Crippen molar-refractivity contribution in [3.63, 3.8) is 0 Å². The van der Waals surface area contributed by atoms with Crippen LogP contribution in [0.1, 0.15) is 41.4 Å². The van der Waals surface area contributed by atoms with E-state index in [0.29, 0.717) is 15.9 Å². The molecule has 3 rings (SSSR count). The number of hydrogen-bond donors (Lipinski definition) is 1. The fraction of sp³-hybridized carbons (Fsp3) is 0.611. The Balaban J connectivity index is 2.18. The van der Waals surface area contributed by atoms with Crippen molar-refractivity contribution in [2.45, 2.75) is 51.7 Å². The lowest BCUT2D eigenvalue weighted by Crippen LogP contribution is -2.40. The predicted molar refractivity (Wildman–Crippen MR) is 104 cm³/mol. The molecule has 2 aromatic rings. The lowest BCUT2D eigenvalue weighted by Gasteiger charge is -2.29. The standard InChI is InChI=1S/C18H20F5N3O5S/c1-2-25-14(28)11-10(13(19)20)12(15(29)24-5-3-9(27)4-6-24)32-16(11)26(17(25)30)7-8-31-18(21,22)23/h9,13,27H,2-8H2,1H3. The number of nitrogens with zero attached hydrogens (tertiary/aromatic N) is 3. The van der Waals surface area contributed by atoms with Crippen molar-refractivity contribution in [3.05, 3.63) is 31.3 Å². The van der Waals surface area contributed by atoms with Gasteiger partial charge in [0.2, 0.25) is 0 Å². The summed E-state index contributed by atoms with van der Waals surface area (Å²) in [7, 11) is 0. The highest BCUT2D eigenvalue weighted by Crippen LogP contribution is 2.36. The molecule has 0 spiro atoms. The van der Waals surface area contributed by atoms with Gasteiger partial charge >= 0.3 is 12.1 Å². The summed E-state index contributed by atoms with van der Waals surface area (Å²) in [5.41, 5.74) is -2.88. The van der Waals surface area contributed by atoms with Gasteiger partial charge in [0.15, 0.2) is 0 Å². The number of aromatic nitrogens is 2. The second-order valence-electron chi connectivity index (χ2n) is 7.13. The van der Waals surface area contributed by atoms with Gasteiger partial charge in [-0.05, 0) is 19.8 Å². The maximum absolute atomic E-state index is 14.0. The third-order valence-electron chi connectivity index (χ3n) is 5.15. The van der Waals surface area contributed by atoms with Crippen LogP contribution in [0.3, 0.4) is 0 Å². The normalized spacial score (nSPS) is 15.8. The minimum Gasteiger partial charge on any atom is -0.393 e. The molecule has 1 aliphatic rings. The summed E-state index contributed by atoms with van der Waals surface area (Å²) in [6.07, 6.45) is -8.32. The third kappa shape index (κ3) is 4.71. The summed E-state index contributed by atoms with van der Waals surface area (Å²) in [6, 6.07) is 0. The van der Waals surface area contributed by atoms with Crippen molar-refractivity contribution in [2.24, 2.45) is 0 Å². The highest BCUT2D eigenvalue weighted by atomic mass is 32.1. The van der Waals surface area contributed by atoms with Gasteiger partial charge in [0.05, 0.1) is 30.2 Å². The van der Waals surface area contributed by atoms with Crippen molar-refractivity contribution in [1.29, 1.82) is 0 Å². The molecular formula is C18H20F5N3O5S. The lowest BCUT2D eigenvalue weighted by atomic mass is 10.1. The summed E-state index contributed by atoms with van der Waals surface area (Å²) in [6.45, 7) is -0.230. The van der Waals surface area contributed by atoms with Gasteiger partial charge in [-0.25, -0.2) is 13.6 Å². The first-order valence-corrected chi connectivity index (χ1v) is 10.5. The Kier molecular flexibility index (Phi) is 7.05. The zero-order chi connectivity index (χ0) is 23.8. The Labute approximate surface area is 181 Å². The first-order valence-electron chi connectivity index (χ1n) is 9.72. The SMILES string of the molecule is CCn1c(=O)c2c(C(F)F)c(C(=O)N3CCC(O)CC3)sc2n(CCOC(F)(F)F)c1=O. The number of aliphatic hydroxyl groups is 1. The number of hydrogen-bond acceptors (Lipinski definition) is 6. The highest BCUT2D eigenvalue weighted by molar-refractivity contribution is 7.20. The Morgan fingerprint density at radius 3 is 2.38 bits per heavy atom. The Morgan fingerprint density at radius 1 is 1.22 bits per heavy atom. The summed E-state index contributed by atoms with van der Waals surface area (Å²) in [4.78, 5) is 38.9. The monoisotopic (exact) mass is 485 g/mol. The first-order chi connectivity index (χ1) is 15.0. The number of fused-ring (bicyclic) bond motifs is 1. The van der Waals surface area contributed by atoms with E-state index in [1.165, 1.54) is 11.8 Å². The fourth-order valence-corrected chi connectivity index (χ4v) is 4.88. The molecule has 1 aliphatic heterocycles. The largest absolute Gasteiger partial charge is 0.522 e. The molecule has 0 bridgehead atoms. The van der Waals surface area contributed by atoms with Crippen molar-refractivity contribution >= 4 is 27.5 Å². The molecule has 0 unspecified atom stereocenters. The van der Waals surface area contributed by atoms with Gasteiger partial charge < -0.3 is 10.0 Å². The second-order valence-corrected chi connectivity index (χ2v) is 8.13. The number of aliphatic hydroxyl groups excluding tert-OH is 1. The van der Waals surface area contributed by atoms with Gasteiger partial charge in [-0.1, -0.05) is 0 Å². The zero-order valence-electron chi connectivity index (χ0n) is 16.8. The molecular weight excluding hydrogens is 465 g/mol. The summed E-state index contributed by atoms with van der Waals surface area (Å²) < 4.78 is 70.2. The van der Waals surface area contributed by atoms with E-state index < -0.39 is 65.0 Å². The Morgan fingerprint density at radius 2 is 1.84 bits per heavy atom. The fourth-order valence-electron chi connectivity index (χ4n) is 3.59. The number of thiophene rings is 1. The van der Waals surface area contributed by atoms with E-state index >= 15 is 0 Å². The lowest BCUT2D eigenvalue weighted by molar-refractivity contribution is -0.325. The molecule has 0 saturated carbocycles. The first kappa shape index (κ1) is 24.3. The van der Waals surface area contributed by atoms with Gasteiger partial charge in [-0.2, -0.15) is 0 Å². The van der Waals surface area contributed by atoms with Crippen LogP contribution in [0.25, 0.3) is 10.2 Å². The van der Waals surface area contributed by atoms with Crippen LogP contribution < -0.4 is 11.2 Å². The van der Waals surface area contributed by atoms with E-state index in [1.54, 1.807) is 0 Å². The molecule has 32 heavy (non-hydrogen) atoms. The van der Waals surface area contributed by atoms with Gasteiger partial charge in [0, 0.05) is 19.6 Å². The average molecular weight is 485 g/mol. The average Bonchev–Trinajstić information content (AvgIpc) is 3.11. The number of carbonyl (C=O) groups excluding carboxylic acids is 1. The molecule has 178 valence electrons. The number of halogens is 5. The van der Waals surface area contributed by atoms with E-state index in [2.05, 4.69) is 4.74 Å². The van der Waals surface area contributed by atoms with Crippen LogP contribution in [0, 0.1) is 0 Å². The van der Waals surface area contributed by atoms with Crippen LogP contribution >= 0.6 is 11.3 Å². The maximum atomic E-state index is 14.0. The van der Waals surface area contributed by atoms with Gasteiger partial charge in [-0.3, -0.25) is 23.5 Å². The third-order valence-corrected chi connectivity index (χ3v) is 6.37. The van der Waals surface area contributed by atoms with Crippen LogP contribution in [-0.4, -0.2) is 57.2 Å². The second kappa shape index (κ2) is 9.27. The van der Waals surface area contributed by atoms with E-state index in [0.717, 1.165) is 4.57 Å². The molecule has 1 N–H and O–H groups in total. The summed E-state index contributed by atoms with van der Waals surface area (Å²) >= 11 is 0.466. The molecule has 8 nitrogen and oxygen atoms in total. The topological polar surface area (TPSA) is 93.8 Å². The molecule has 1 amide bonds. The van der Waals surface area contributed by atoms with Gasteiger partial charge in [0.1, 0.15) is 9.71 Å². The molecule has 0 radical (unpaired) electrons. The van der Waals surface area contributed by atoms with Crippen molar-refractivity contribution in [2.75, 3.05) is 19.7 Å². The minimum absolute atomic E-state index is 0.113. The van der Waals surface area contributed by atoms with Crippen LogP contribution in [0.15, 0.2) is 9.59 Å². The van der Waals surface area contributed by atoms with Crippen LogP contribution in [0.4, 0.5) is 22.0 Å². The Bertz CT molecular complexity index is 1120. The number of alkyl halides is 5. The number of carbonyl (C=O) groups is 1. The number of likely N-dealkylation sites (tertiary alicyclic amines) is 1. The van der Waals surface area contributed by atoms with Crippen molar-refractivity contribution in [1.82, 2.24) is 14.0 Å². The molecule has 1 fully saturated rings. The molecule has 2 aromatic heterocycles. The quantitative estimate of drug-likeness (QED) is 0.634. The maximum Gasteiger partial charge on any atom is 0.522 e. The van der Waals surface area contributed by atoms with Gasteiger partial charge in [-0.15, -0.1) is 24.5 Å². The van der Waals surface area contributed by atoms with Crippen LogP contribution in [-0.2, 0) is 17.8 Å². The molecule has 0 aromatic carbocycles. The Hall–Kier alpha value is -2.32.